The van der Waals surface area contributed by atoms with Crippen LogP contribution in [0.1, 0.15) is 6.92 Å². The molecule has 6 heteroatoms. The maximum atomic E-state index is 12.8. The van der Waals surface area contributed by atoms with Gasteiger partial charge in [-0.25, -0.2) is 13.8 Å². The molecule has 1 unspecified atom stereocenters. The third-order valence-corrected chi connectivity index (χ3v) is 5.13. The van der Waals surface area contributed by atoms with Gasteiger partial charge < -0.3 is 9.05 Å². The number of benzene rings is 1. The Morgan fingerprint density at radius 3 is 2.71 bits per heavy atom. The van der Waals surface area contributed by atoms with Crippen molar-refractivity contribution in [3.05, 3.63) is 30.1 Å². The third-order valence-electron chi connectivity index (χ3n) is 2.47. The van der Waals surface area contributed by atoms with Gasteiger partial charge in [0.1, 0.15) is 5.82 Å². The molecule has 0 amide bonds. The van der Waals surface area contributed by atoms with Crippen LogP contribution >= 0.6 is 7.66 Å². The minimum atomic E-state index is -2.34. The van der Waals surface area contributed by atoms with Crippen molar-refractivity contribution in [2.75, 3.05) is 26.8 Å². The van der Waals surface area contributed by atoms with Crippen LogP contribution in [-0.4, -0.2) is 31.5 Å². The van der Waals surface area contributed by atoms with E-state index in [1.54, 1.807) is 12.1 Å². The summed E-state index contributed by atoms with van der Waals surface area (Å²) < 4.78 is 30.7. The molecule has 0 radical (unpaired) electrons. The molecule has 94 valence electrons. The van der Waals surface area contributed by atoms with E-state index in [0.29, 0.717) is 18.9 Å². The normalized spacial score (nSPS) is 25.1. The summed E-state index contributed by atoms with van der Waals surface area (Å²) in [7, 11) is -0.405. The van der Waals surface area contributed by atoms with Crippen molar-refractivity contribution in [2.45, 2.75) is 6.92 Å². The van der Waals surface area contributed by atoms with Gasteiger partial charge in [0.2, 0.25) is 0 Å². The van der Waals surface area contributed by atoms with Crippen molar-refractivity contribution in [1.29, 1.82) is 0 Å². The fraction of sp³-hybridized carbons (Fsp3) is 0.455. The fourth-order valence-electron chi connectivity index (χ4n) is 1.61. The maximum absolute atomic E-state index is 12.8. The fourth-order valence-corrected chi connectivity index (χ4v) is 3.76. The first-order chi connectivity index (χ1) is 8.16. The molecular formula is C11H16FN2O2P. The molecule has 0 bridgehead atoms. The summed E-state index contributed by atoms with van der Waals surface area (Å²) >= 11 is 0. The molecule has 1 saturated heterocycles. The summed E-state index contributed by atoms with van der Waals surface area (Å²) in [6.07, 6.45) is 0. The van der Waals surface area contributed by atoms with Gasteiger partial charge >= 0.3 is 0 Å². The first-order valence-corrected chi connectivity index (χ1v) is 7.08. The molecule has 1 fully saturated rings. The van der Waals surface area contributed by atoms with Crippen LogP contribution in [0, 0.1) is 5.82 Å². The van der Waals surface area contributed by atoms with Gasteiger partial charge in [-0.2, -0.15) is 0 Å². The summed E-state index contributed by atoms with van der Waals surface area (Å²) in [6.45, 7) is 3.88. The predicted octanol–water partition coefficient (Wildman–Crippen LogP) is 3.40. The largest absolute Gasteiger partial charge is 0.312 e. The minimum Gasteiger partial charge on any atom is -0.312 e. The minimum absolute atomic E-state index is 0.270. The molecule has 1 heterocycles. The Morgan fingerprint density at radius 1 is 1.47 bits per heavy atom. The molecule has 4 nitrogen and oxygen atoms in total. The van der Waals surface area contributed by atoms with Crippen LogP contribution in [0.3, 0.4) is 0 Å². The van der Waals surface area contributed by atoms with Crippen molar-refractivity contribution < 1.29 is 13.4 Å². The van der Waals surface area contributed by atoms with E-state index in [9.17, 15) is 4.39 Å². The van der Waals surface area contributed by atoms with Crippen LogP contribution in [0.2, 0.25) is 0 Å². The predicted molar refractivity (Wildman–Crippen MR) is 65.6 cm³/mol. The van der Waals surface area contributed by atoms with E-state index in [1.807, 2.05) is 18.6 Å². The van der Waals surface area contributed by atoms with Crippen LogP contribution in [0.15, 0.2) is 29.0 Å². The lowest BCUT2D eigenvalue weighted by Crippen LogP contribution is -2.11. The van der Waals surface area contributed by atoms with E-state index in [-0.39, 0.29) is 5.82 Å². The highest BCUT2D eigenvalue weighted by molar-refractivity contribution is 7.54. The molecule has 0 spiro atoms. The maximum Gasteiger partial charge on any atom is 0.295 e. The zero-order valence-corrected chi connectivity index (χ0v) is 10.9. The van der Waals surface area contributed by atoms with Crippen molar-refractivity contribution in [3.63, 3.8) is 0 Å². The second kappa shape index (κ2) is 5.27. The zero-order chi connectivity index (χ0) is 12.3. The standard InChI is InChI=1S/C11H16FN2O2P/c1-3-15-17(14(2)8-9-16-17)13-11-6-4-10(12)5-7-11/h4-7H,3,8-9H2,1-2H3. The molecule has 17 heavy (non-hydrogen) atoms. The van der Waals surface area contributed by atoms with Gasteiger partial charge in [-0.3, -0.25) is 0 Å². The van der Waals surface area contributed by atoms with E-state index in [4.69, 9.17) is 9.05 Å². The molecule has 1 atom stereocenters. The van der Waals surface area contributed by atoms with Gasteiger partial charge in [-0.05, 0) is 38.2 Å². The Bertz CT molecular complexity index is 436. The number of hydrogen-bond donors (Lipinski definition) is 0. The first-order valence-electron chi connectivity index (χ1n) is 5.55. The lowest BCUT2D eigenvalue weighted by Gasteiger charge is -2.23. The third kappa shape index (κ3) is 2.75. The monoisotopic (exact) mass is 258 g/mol. The van der Waals surface area contributed by atoms with E-state index < -0.39 is 7.66 Å². The molecule has 0 N–H and O–H groups in total. The summed E-state index contributed by atoms with van der Waals surface area (Å²) in [6, 6.07) is 6.03. The molecule has 0 aliphatic carbocycles. The van der Waals surface area contributed by atoms with Gasteiger partial charge in [0, 0.05) is 6.54 Å². The second-order valence-corrected chi connectivity index (χ2v) is 6.08. The summed E-state index contributed by atoms with van der Waals surface area (Å²) in [4.78, 5) is 0. The van der Waals surface area contributed by atoms with Gasteiger partial charge in [-0.1, -0.05) is 0 Å². The van der Waals surface area contributed by atoms with Crippen molar-refractivity contribution in [3.8, 4) is 0 Å². The molecule has 0 aromatic heterocycles. The molecule has 1 aromatic rings. The molecule has 2 rings (SSSR count). The second-order valence-electron chi connectivity index (χ2n) is 3.70. The molecule has 1 aliphatic rings. The Hall–Kier alpha value is -0.740. The molecule has 0 saturated carbocycles. The molecule has 1 aromatic carbocycles. The summed E-state index contributed by atoms with van der Waals surface area (Å²) in [5, 5.41) is 0. The van der Waals surface area contributed by atoms with Crippen LogP contribution in [0.25, 0.3) is 0 Å². The number of halogens is 1. The Balaban J connectivity index is 2.35. The van der Waals surface area contributed by atoms with E-state index >= 15 is 0 Å². The molecule has 1 aliphatic heterocycles. The Labute approximate surface area is 101 Å². The van der Waals surface area contributed by atoms with Gasteiger partial charge in [-0.15, -0.1) is 0 Å². The number of rotatable bonds is 3. The number of nitrogens with zero attached hydrogens (tertiary/aromatic N) is 2. The average Bonchev–Trinajstić information content (AvgIpc) is 2.65. The number of hydrogen-bond acceptors (Lipinski definition) is 3. The van der Waals surface area contributed by atoms with Crippen LogP contribution < -0.4 is 0 Å². The van der Waals surface area contributed by atoms with Crippen LogP contribution in [0.5, 0.6) is 0 Å². The highest BCUT2D eigenvalue weighted by Crippen LogP contribution is 2.59. The highest BCUT2D eigenvalue weighted by atomic mass is 31.2. The lowest BCUT2D eigenvalue weighted by molar-refractivity contribution is 0.271. The van der Waals surface area contributed by atoms with Gasteiger partial charge in [0.05, 0.1) is 18.9 Å². The van der Waals surface area contributed by atoms with Gasteiger partial charge in [0.15, 0.2) is 0 Å². The zero-order valence-electron chi connectivity index (χ0n) is 9.97. The Kier molecular flexibility index (Phi) is 3.94. The SMILES string of the molecule is CCOP1(=Nc2ccc(F)cc2)OCCN1C. The highest BCUT2D eigenvalue weighted by Gasteiger charge is 2.33. The molecular weight excluding hydrogens is 242 g/mol. The van der Waals surface area contributed by atoms with Crippen molar-refractivity contribution >= 4 is 13.3 Å². The smallest absolute Gasteiger partial charge is 0.295 e. The van der Waals surface area contributed by atoms with E-state index in [2.05, 4.69) is 4.74 Å². The summed E-state index contributed by atoms with van der Waals surface area (Å²) in [5.74, 6) is -0.270. The van der Waals surface area contributed by atoms with E-state index in [0.717, 1.165) is 6.54 Å². The first kappa shape index (κ1) is 12.7. The average molecular weight is 258 g/mol. The Morgan fingerprint density at radius 2 is 2.18 bits per heavy atom. The lowest BCUT2D eigenvalue weighted by atomic mass is 10.3. The van der Waals surface area contributed by atoms with Crippen molar-refractivity contribution in [1.82, 2.24) is 4.67 Å². The van der Waals surface area contributed by atoms with Crippen LogP contribution in [0.4, 0.5) is 10.1 Å². The van der Waals surface area contributed by atoms with Gasteiger partial charge in [0.25, 0.3) is 7.66 Å². The summed E-state index contributed by atoms with van der Waals surface area (Å²) in [5.41, 5.74) is 0.682. The van der Waals surface area contributed by atoms with E-state index in [1.165, 1.54) is 12.1 Å². The van der Waals surface area contributed by atoms with Crippen molar-refractivity contribution in [2.24, 2.45) is 4.74 Å². The number of likely N-dealkylation sites (N-methyl/N-ethyl adjacent to an activating group) is 1. The quantitative estimate of drug-likeness (QED) is 0.779. The topological polar surface area (TPSA) is 34.1 Å². The van der Waals surface area contributed by atoms with Crippen LogP contribution in [-0.2, 0) is 9.05 Å².